The van der Waals surface area contributed by atoms with Gasteiger partial charge in [0.05, 0.1) is 12.1 Å². The number of amidine groups is 1. The summed E-state index contributed by atoms with van der Waals surface area (Å²) in [6, 6.07) is 0. The molecule has 1 heterocycles. The van der Waals surface area contributed by atoms with Gasteiger partial charge in [0.25, 0.3) is 0 Å². The van der Waals surface area contributed by atoms with E-state index in [0.29, 0.717) is 6.54 Å². The number of nitrogens with two attached hydrogens (primary N) is 1. The number of likely N-dealkylation sites (tertiary alicyclic amines) is 1. The first-order valence-corrected chi connectivity index (χ1v) is 4.83. The Bertz CT molecular complexity index is 220. The first-order chi connectivity index (χ1) is 6.59. The molecule has 14 heavy (non-hydrogen) atoms. The van der Waals surface area contributed by atoms with Crippen LogP contribution in [0, 0.1) is 0 Å². The minimum absolute atomic E-state index is 0.0893. The van der Waals surface area contributed by atoms with Crippen LogP contribution in [0.1, 0.15) is 19.8 Å². The van der Waals surface area contributed by atoms with Crippen molar-refractivity contribution in [3.8, 4) is 0 Å². The molecule has 0 aromatic heterocycles. The van der Waals surface area contributed by atoms with Gasteiger partial charge in [-0.1, -0.05) is 5.16 Å². The lowest BCUT2D eigenvalue weighted by atomic mass is 9.95. The van der Waals surface area contributed by atoms with Crippen LogP contribution in [-0.2, 0) is 4.74 Å². The second kappa shape index (κ2) is 4.61. The number of hydrogen-bond acceptors (Lipinski definition) is 4. The second-order valence-corrected chi connectivity index (χ2v) is 4.06. The summed E-state index contributed by atoms with van der Waals surface area (Å²) in [7, 11) is 1.73. The summed E-state index contributed by atoms with van der Waals surface area (Å²) in [4.78, 5) is 2.14. The highest BCUT2D eigenvalue weighted by atomic mass is 16.5. The zero-order chi connectivity index (χ0) is 10.6. The maximum Gasteiger partial charge on any atom is 0.153 e. The predicted octanol–water partition coefficient (Wildman–Crippen LogP) is 0.234. The molecule has 0 spiro atoms. The number of rotatable bonds is 3. The number of piperidine rings is 1. The molecular weight excluding hydrogens is 182 g/mol. The zero-order valence-corrected chi connectivity index (χ0v) is 8.86. The number of hydrogen-bond donors (Lipinski definition) is 2. The maximum atomic E-state index is 8.46. The fourth-order valence-electron chi connectivity index (χ4n) is 1.87. The van der Waals surface area contributed by atoms with E-state index in [1.807, 2.05) is 0 Å². The molecule has 0 aromatic rings. The number of oxime groups is 1. The summed E-state index contributed by atoms with van der Waals surface area (Å²) in [5, 5.41) is 11.4. The quantitative estimate of drug-likeness (QED) is 0.297. The molecule has 1 unspecified atom stereocenters. The van der Waals surface area contributed by atoms with Crippen molar-refractivity contribution < 1.29 is 9.94 Å². The summed E-state index contributed by atoms with van der Waals surface area (Å²) in [5.41, 5.74) is 5.36. The molecule has 0 bridgehead atoms. The van der Waals surface area contributed by atoms with Gasteiger partial charge in [-0.05, 0) is 26.3 Å². The molecular formula is C9H19N3O2. The maximum absolute atomic E-state index is 8.46. The van der Waals surface area contributed by atoms with Gasteiger partial charge in [0, 0.05) is 13.7 Å². The third-order valence-corrected chi connectivity index (χ3v) is 2.74. The smallest absolute Gasteiger partial charge is 0.153 e. The van der Waals surface area contributed by atoms with Gasteiger partial charge in [-0.15, -0.1) is 0 Å². The van der Waals surface area contributed by atoms with Crippen LogP contribution in [0.2, 0.25) is 0 Å². The van der Waals surface area contributed by atoms with E-state index in [0.717, 1.165) is 25.9 Å². The highest BCUT2D eigenvalue weighted by Crippen LogP contribution is 2.23. The van der Waals surface area contributed by atoms with E-state index in [1.54, 1.807) is 7.11 Å². The minimum atomic E-state index is -0.0893. The third kappa shape index (κ3) is 2.85. The monoisotopic (exact) mass is 201 g/mol. The van der Waals surface area contributed by atoms with E-state index < -0.39 is 0 Å². The van der Waals surface area contributed by atoms with Crippen LogP contribution in [0.4, 0.5) is 0 Å². The topological polar surface area (TPSA) is 71.1 Å². The first kappa shape index (κ1) is 11.3. The van der Waals surface area contributed by atoms with Gasteiger partial charge in [0.1, 0.15) is 0 Å². The number of methoxy groups -OCH3 is 1. The van der Waals surface area contributed by atoms with E-state index in [-0.39, 0.29) is 11.4 Å². The third-order valence-electron chi connectivity index (χ3n) is 2.74. The minimum Gasteiger partial charge on any atom is -0.409 e. The molecule has 0 aliphatic carbocycles. The lowest BCUT2D eigenvalue weighted by molar-refractivity contribution is -0.0470. The Morgan fingerprint density at radius 3 is 3.00 bits per heavy atom. The fraction of sp³-hybridized carbons (Fsp3) is 0.889. The molecule has 5 nitrogen and oxygen atoms in total. The van der Waals surface area contributed by atoms with Crippen LogP contribution in [0.3, 0.4) is 0 Å². The number of nitrogens with zero attached hydrogens (tertiary/aromatic N) is 2. The van der Waals surface area contributed by atoms with Gasteiger partial charge in [0.2, 0.25) is 0 Å². The standard InChI is InChI=1S/C9H19N3O2/c1-9(14-2)4-3-5-12(7-9)6-8(10)11-13/h13H,3-7H2,1-2H3,(H2,10,11). The van der Waals surface area contributed by atoms with Gasteiger partial charge in [-0.2, -0.15) is 0 Å². The fourth-order valence-corrected chi connectivity index (χ4v) is 1.87. The molecule has 1 saturated heterocycles. The molecule has 3 N–H and O–H groups in total. The van der Waals surface area contributed by atoms with Crippen molar-refractivity contribution in [3.63, 3.8) is 0 Å². The average molecular weight is 201 g/mol. The van der Waals surface area contributed by atoms with Gasteiger partial charge >= 0.3 is 0 Å². The van der Waals surface area contributed by atoms with Crippen molar-refractivity contribution in [2.75, 3.05) is 26.7 Å². The molecule has 1 aliphatic rings. The van der Waals surface area contributed by atoms with Crippen LogP contribution in [0.25, 0.3) is 0 Å². The van der Waals surface area contributed by atoms with Crippen molar-refractivity contribution in [2.45, 2.75) is 25.4 Å². The van der Waals surface area contributed by atoms with E-state index in [2.05, 4.69) is 17.0 Å². The molecule has 1 atom stereocenters. The lowest BCUT2D eigenvalue weighted by Gasteiger charge is -2.39. The van der Waals surface area contributed by atoms with E-state index in [4.69, 9.17) is 15.7 Å². The van der Waals surface area contributed by atoms with E-state index >= 15 is 0 Å². The Morgan fingerprint density at radius 2 is 2.43 bits per heavy atom. The highest BCUT2D eigenvalue weighted by molar-refractivity contribution is 5.81. The Kier molecular flexibility index (Phi) is 3.71. The van der Waals surface area contributed by atoms with E-state index in [1.165, 1.54) is 0 Å². The first-order valence-electron chi connectivity index (χ1n) is 4.83. The van der Waals surface area contributed by atoms with Crippen molar-refractivity contribution in [1.29, 1.82) is 0 Å². The molecule has 0 saturated carbocycles. The SMILES string of the molecule is COC1(C)CCCN(CC(N)=NO)C1. The van der Waals surface area contributed by atoms with Crippen molar-refractivity contribution in [3.05, 3.63) is 0 Å². The van der Waals surface area contributed by atoms with Gasteiger partial charge in [0.15, 0.2) is 5.84 Å². The van der Waals surface area contributed by atoms with Gasteiger partial charge in [-0.25, -0.2) is 0 Å². The molecule has 0 aromatic carbocycles. The zero-order valence-electron chi connectivity index (χ0n) is 8.86. The summed E-state index contributed by atoms with van der Waals surface area (Å²) < 4.78 is 5.44. The molecule has 0 radical (unpaired) electrons. The van der Waals surface area contributed by atoms with Crippen LogP contribution in [0.5, 0.6) is 0 Å². The van der Waals surface area contributed by atoms with E-state index in [9.17, 15) is 0 Å². The summed E-state index contributed by atoms with van der Waals surface area (Å²) >= 11 is 0. The summed E-state index contributed by atoms with van der Waals surface area (Å²) in [5.74, 6) is 0.255. The van der Waals surface area contributed by atoms with Crippen molar-refractivity contribution in [2.24, 2.45) is 10.9 Å². The molecule has 5 heteroatoms. The van der Waals surface area contributed by atoms with Gasteiger partial charge in [-0.3, -0.25) is 4.90 Å². The Morgan fingerprint density at radius 1 is 1.71 bits per heavy atom. The highest BCUT2D eigenvalue weighted by Gasteiger charge is 2.30. The molecule has 1 fully saturated rings. The van der Waals surface area contributed by atoms with Crippen molar-refractivity contribution in [1.82, 2.24) is 4.90 Å². The Balaban J connectivity index is 2.48. The molecule has 1 rings (SSSR count). The lowest BCUT2D eigenvalue weighted by Crippen LogP contribution is -2.49. The summed E-state index contributed by atoms with van der Waals surface area (Å²) in [6.45, 7) is 4.41. The average Bonchev–Trinajstić information content (AvgIpc) is 2.18. The number of ether oxygens (including phenoxy) is 1. The molecule has 82 valence electrons. The van der Waals surface area contributed by atoms with Crippen LogP contribution < -0.4 is 5.73 Å². The predicted molar refractivity (Wildman–Crippen MR) is 54.5 cm³/mol. The summed E-state index contributed by atoms with van der Waals surface area (Å²) in [6.07, 6.45) is 2.15. The van der Waals surface area contributed by atoms with Crippen LogP contribution >= 0.6 is 0 Å². The van der Waals surface area contributed by atoms with Crippen LogP contribution in [-0.4, -0.2) is 48.3 Å². The second-order valence-electron chi connectivity index (χ2n) is 4.06. The molecule has 1 aliphatic heterocycles. The van der Waals surface area contributed by atoms with Crippen molar-refractivity contribution >= 4 is 5.84 Å². The normalized spacial score (nSPS) is 30.6. The molecule has 0 amide bonds. The Hall–Kier alpha value is -0.810. The van der Waals surface area contributed by atoms with Gasteiger partial charge < -0.3 is 15.7 Å². The van der Waals surface area contributed by atoms with Crippen LogP contribution in [0.15, 0.2) is 5.16 Å². The Labute approximate surface area is 84.5 Å². The largest absolute Gasteiger partial charge is 0.409 e.